The zero-order chi connectivity index (χ0) is 34.9. The molecule has 2 aromatic heterocycles. The first-order valence-electron chi connectivity index (χ1n) is 17.7. The van der Waals surface area contributed by atoms with Gasteiger partial charge in [-0.1, -0.05) is 0 Å². The van der Waals surface area contributed by atoms with Crippen molar-refractivity contribution >= 4 is 23.6 Å². The van der Waals surface area contributed by atoms with Gasteiger partial charge in [0.1, 0.15) is 22.9 Å². The Morgan fingerprint density at radius 1 is 0.760 bits per heavy atom. The number of aromatic nitrogens is 4. The fraction of sp³-hybridized carbons (Fsp3) is 0.474. The number of ether oxygens (including phenoxy) is 3. The van der Waals surface area contributed by atoms with Gasteiger partial charge in [0, 0.05) is 30.8 Å². The van der Waals surface area contributed by atoms with Gasteiger partial charge in [0.2, 0.25) is 0 Å². The summed E-state index contributed by atoms with van der Waals surface area (Å²) in [4.78, 5) is 48.2. The van der Waals surface area contributed by atoms with Gasteiger partial charge in [-0.15, -0.1) is 0 Å². The lowest BCUT2D eigenvalue weighted by Crippen LogP contribution is -2.36. The van der Waals surface area contributed by atoms with Crippen LogP contribution in [0.1, 0.15) is 96.5 Å². The third-order valence-corrected chi connectivity index (χ3v) is 9.70. The first-order valence-corrected chi connectivity index (χ1v) is 17.7. The number of carbonyl (C=O) groups is 2. The number of likely N-dealkylation sites (tertiary alicyclic amines) is 2. The number of hydrogen-bond acceptors (Lipinski definition) is 8. The second-order valence-electron chi connectivity index (χ2n) is 15.7. The molecule has 50 heavy (non-hydrogen) atoms. The van der Waals surface area contributed by atoms with Crippen molar-refractivity contribution in [2.45, 2.75) is 96.9 Å². The van der Waals surface area contributed by atoms with Crippen LogP contribution in [0.25, 0.3) is 22.5 Å². The van der Waals surface area contributed by atoms with E-state index in [4.69, 9.17) is 24.2 Å². The minimum absolute atomic E-state index is 0.144. The maximum atomic E-state index is 12.9. The number of carbonyl (C=O) groups excluding carboxylic acids is 2. The van der Waals surface area contributed by atoms with Crippen molar-refractivity contribution in [3.8, 4) is 34.0 Å². The number of H-pyrrole nitrogens is 2. The molecular weight excluding hydrogens is 634 g/mol. The molecule has 2 fully saturated rings. The Morgan fingerprint density at radius 3 is 1.92 bits per heavy atom. The molecule has 8 rings (SSSR count). The molecule has 0 saturated carbocycles. The molecule has 12 nitrogen and oxygen atoms in total. The Morgan fingerprint density at radius 2 is 1.34 bits per heavy atom. The van der Waals surface area contributed by atoms with Crippen LogP contribution in [0.15, 0.2) is 42.7 Å². The number of hydrogen-bond donors (Lipinski definition) is 2. The molecule has 2 saturated heterocycles. The lowest BCUT2D eigenvalue weighted by molar-refractivity contribution is 0.0208. The van der Waals surface area contributed by atoms with Crippen molar-refractivity contribution in [3.05, 3.63) is 59.9 Å². The Hall–Kier alpha value is -5.00. The molecule has 2 atom stereocenters. The fourth-order valence-electron chi connectivity index (χ4n) is 7.57. The van der Waals surface area contributed by atoms with Crippen molar-refractivity contribution in [1.82, 2.24) is 29.7 Å². The van der Waals surface area contributed by atoms with E-state index in [2.05, 4.69) is 33.1 Å². The number of anilines is 2. The predicted octanol–water partition coefficient (Wildman–Crippen LogP) is 8.41. The molecule has 2 N–H and O–H groups in total. The smallest absolute Gasteiger partial charge is 0.410 e. The van der Waals surface area contributed by atoms with E-state index >= 15 is 0 Å². The predicted molar refractivity (Wildman–Crippen MR) is 189 cm³/mol. The Balaban J connectivity index is 1.01. The topological polar surface area (TPSA) is 129 Å². The molecule has 4 aliphatic rings. The number of imidazole rings is 2. The molecule has 262 valence electrons. The third kappa shape index (κ3) is 5.94. The average Bonchev–Trinajstić information content (AvgIpc) is 3.88. The molecular formula is C38H45N7O5. The van der Waals surface area contributed by atoms with Crippen LogP contribution in [0.3, 0.4) is 0 Å². The van der Waals surface area contributed by atoms with Crippen LogP contribution in [0.2, 0.25) is 0 Å². The lowest BCUT2D eigenvalue weighted by Gasteiger charge is -2.30. The summed E-state index contributed by atoms with van der Waals surface area (Å²) in [5.74, 6) is 3.15. The van der Waals surface area contributed by atoms with E-state index in [1.807, 2.05) is 66.1 Å². The molecule has 0 radical (unpaired) electrons. The highest BCUT2D eigenvalue weighted by Gasteiger charge is 2.37. The van der Waals surface area contributed by atoms with Crippen molar-refractivity contribution in [2.24, 2.45) is 0 Å². The number of nitrogens with zero attached hydrogens (tertiary/aromatic N) is 5. The van der Waals surface area contributed by atoms with E-state index in [1.54, 1.807) is 9.80 Å². The Bertz CT molecular complexity index is 1970. The van der Waals surface area contributed by atoms with Gasteiger partial charge >= 0.3 is 12.2 Å². The van der Waals surface area contributed by atoms with E-state index in [0.29, 0.717) is 13.1 Å². The molecule has 12 heteroatoms. The highest BCUT2D eigenvalue weighted by Crippen LogP contribution is 2.53. The van der Waals surface area contributed by atoms with Gasteiger partial charge in [-0.2, -0.15) is 0 Å². The van der Waals surface area contributed by atoms with E-state index in [-0.39, 0.29) is 24.3 Å². The quantitative estimate of drug-likeness (QED) is 0.220. The van der Waals surface area contributed by atoms with Crippen LogP contribution in [-0.2, 0) is 15.9 Å². The summed E-state index contributed by atoms with van der Waals surface area (Å²) in [6.07, 6.45) is 7.46. The van der Waals surface area contributed by atoms with Gasteiger partial charge < -0.3 is 29.1 Å². The van der Waals surface area contributed by atoms with E-state index in [1.165, 1.54) is 5.56 Å². The SMILES string of the molecule is CC(C)(C)OC(=O)N1CCCC1c1ncc(-c2cc3c4c(c2)Oc2ccc(-c5cnc(C6CCCN6C(=O)OC(C)(C)C)[nH]5)cc2N4CC3)[nH]1. The van der Waals surface area contributed by atoms with Crippen LogP contribution in [0.4, 0.5) is 21.0 Å². The maximum absolute atomic E-state index is 12.9. The molecule has 0 aliphatic carbocycles. The molecule has 2 amide bonds. The van der Waals surface area contributed by atoms with Crippen molar-refractivity contribution < 1.29 is 23.8 Å². The summed E-state index contributed by atoms with van der Waals surface area (Å²) in [5, 5.41) is 0. The fourth-order valence-corrected chi connectivity index (χ4v) is 7.57. The summed E-state index contributed by atoms with van der Waals surface area (Å²) in [5.41, 5.74) is 6.00. The highest BCUT2D eigenvalue weighted by atomic mass is 16.6. The first kappa shape index (κ1) is 32.2. The summed E-state index contributed by atoms with van der Waals surface area (Å²) in [7, 11) is 0. The molecule has 4 aliphatic heterocycles. The summed E-state index contributed by atoms with van der Waals surface area (Å²) >= 11 is 0. The third-order valence-electron chi connectivity index (χ3n) is 9.70. The molecule has 2 aromatic carbocycles. The van der Waals surface area contributed by atoms with Crippen molar-refractivity contribution in [1.29, 1.82) is 0 Å². The van der Waals surface area contributed by atoms with Crippen LogP contribution < -0.4 is 9.64 Å². The number of rotatable bonds is 4. The largest absolute Gasteiger partial charge is 0.453 e. The summed E-state index contributed by atoms with van der Waals surface area (Å²) in [6.45, 7) is 13.5. The van der Waals surface area contributed by atoms with Crippen molar-refractivity contribution in [2.75, 3.05) is 24.5 Å². The zero-order valence-corrected chi connectivity index (χ0v) is 29.6. The van der Waals surface area contributed by atoms with Crippen LogP contribution in [-0.4, -0.2) is 72.8 Å². The zero-order valence-electron chi connectivity index (χ0n) is 29.6. The van der Waals surface area contributed by atoms with Crippen LogP contribution >= 0.6 is 0 Å². The number of fused-ring (bicyclic) bond motifs is 2. The standard InChI is InChI=1S/C38H45N7O5/c1-37(2,3)49-35(46)44-14-7-9-27(44)33-39-20-25(41-33)22-11-12-30-29(18-22)43-16-13-23-17-24(19-31(48-30)32(23)43)26-21-40-34(42-26)28-10-8-15-45(28)36(47)50-38(4,5)6/h11-12,17-21,27-28H,7-10,13-16H2,1-6H3,(H,39,41)(H,40,42). The maximum Gasteiger partial charge on any atom is 0.410 e. The first-order chi connectivity index (χ1) is 23.8. The minimum atomic E-state index is -0.552. The molecule has 4 aromatic rings. The monoisotopic (exact) mass is 679 g/mol. The van der Waals surface area contributed by atoms with Gasteiger partial charge in [-0.3, -0.25) is 9.80 Å². The van der Waals surface area contributed by atoms with E-state index in [0.717, 1.165) is 95.7 Å². The summed E-state index contributed by atoms with van der Waals surface area (Å²) < 4.78 is 17.9. The minimum Gasteiger partial charge on any atom is -0.453 e. The molecule has 0 spiro atoms. The van der Waals surface area contributed by atoms with Gasteiger partial charge in [0.25, 0.3) is 0 Å². The Labute approximate surface area is 292 Å². The van der Waals surface area contributed by atoms with E-state index < -0.39 is 11.2 Å². The summed E-state index contributed by atoms with van der Waals surface area (Å²) in [6, 6.07) is 10.2. The van der Waals surface area contributed by atoms with Gasteiger partial charge in [-0.05, 0) is 110 Å². The van der Waals surface area contributed by atoms with Gasteiger partial charge in [-0.25, -0.2) is 19.6 Å². The second kappa shape index (κ2) is 11.8. The molecule has 0 bridgehead atoms. The van der Waals surface area contributed by atoms with Gasteiger partial charge in [0.05, 0.1) is 47.2 Å². The Kier molecular flexibility index (Phi) is 7.61. The molecule has 2 unspecified atom stereocenters. The van der Waals surface area contributed by atoms with Crippen molar-refractivity contribution in [3.63, 3.8) is 0 Å². The average molecular weight is 680 g/mol. The normalized spacial score (nSPS) is 19.8. The number of amides is 2. The molecule has 6 heterocycles. The highest BCUT2D eigenvalue weighted by molar-refractivity contribution is 5.87. The van der Waals surface area contributed by atoms with Gasteiger partial charge in [0.15, 0.2) is 11.5 Å². The number of benzene rings is 2. The second-order valence-corrected chi connectivity index (χ2v) is 15.7. The van der Waals surface area contributed by atoms with E-state index in [9.17, 15) is 9.59 Å². The number of aromatic amines is 2. The number of nitrogens with one attached hydrogen (secondary N) is 2. The van der Waals surface area contributed by atoms with Crippen LogP contribution in [0.5, 0.6) is 11.5 Å². The lowest BCUT2D eigenvalue weighted by atomic mass is 10.0. The van der Waals surface area contributed by atoms with Crippen LogP contribution in [0, 0.1) is 0 Å².